The van der Waals surface area contributed by atoms with Crippen molar-refractivity contribution >= 4 is 17.6 Å². The molecule has 0 aromatic heterocycles. The number of rotatable bonds is 6. The Morgan fingerprint density at radius 1 is 1.10 bits per heavy atom. The summed E-state index contributed by atoms with van der Waals surface area (Å²) in [6.07, 6.45) is 9.80. The molecule has 3 aliphatic carbocycles. The molecule has 0 amide bonds. The number of aliphatic hydroxyl groups excluding tert-OH is 1. The lowest BCUT2D eigenvalue weighted by molar-refractivity contribution is -0.190. The van der Waals surface area contributed by atoms with Crippen molar-refractivity contribution in [2.24, 2.45) is 5.92 Å². The zero-order valence-electron chi connectivity index (χ0n) is 25.6. The van der Waals surface area contributed by atoms with Gasteiger partial charge in [-0.2, -0.15) is 0 Å². The molecule has 8 heteroatoms. The number of benzene rings is 1. The van der Waals surface area contributed by atoms with Gasteiger partial charge in [0.15, 0.2) is 17.0 Å². The van der Waals surface area contributed by atoms with Crippen LogP contribution in [0.1, 0.15) is 82.8 Å². The van der Waals surface area contributed by atoms with Gasteiger partial charge in [-0.25, -0.2) is 0 Å². The normalized spacial score (nSPS) is 32.8. The first-order valence-electron chi connectivity index (χ1n) is 14.6. The van der Waals surface area contributed by atoms with E-state index in [-0.39, 0.29) is 47.9 Å². The van der Waals surface area contributed by atoms with Gasteiger partial charge < -0.3 is 29.2 Å². The van der Waals surface area contributed by atoms with Crippen LogP contribution >= 0.6 is 0 Å². The van der Waals surface area contributed by atoms with Crippen LogP contribution in [0.3, 0.4) is 0 Å². The summed E-state index contributed by atoms with van der Waals surface area (Å²) in [6, 6.07) is 0. The lowest BCUT2D eigenvalue weighted by Gasteiger charge is -2.59. The van der Waals surface area contributed by atoms with Crippen LogP contribution in [0.2, 0.25) is 0 Å². The van der Waals surface area contributed by atoms with Crippen molar-refractivity contribution in [1.82, 2.24) is 0 Å². The van der Waals surface area contributed by atoms with Gasteiger partial charge in [-0.05, 0) is 79.5 Å². The summed E-state index contributed by atoms with van der Waals surface area (Å²) in [5.74, 6) is -0.709. The molecular weight excluding hydrogens is 536 g/mol. The van der Waals surface area contributed by atoms with Crippen molar-refractivity contribution in [2.75, 3.05) is 13.7 Å². The molecule has 2 N–H and O–H groups in total. The number of allylic oxidation sites excluding steroid dienone is 2. The summed E-state index contributed by atoms with van der Waals surface area (Å²) in [7, 11) is 1.47. The first-order chi connectivity index (χ1) is 19.6. The van der Waals surface area contributed by atoms with E-state index in [1.165, 1.54) is 7.11 Å². The van der Waals surface area contributed by atoms with E-state index in [0.717, 1.165) is 5.57 Å². The highest BCUT2D eigenvalue weighted by Crippen LogP contribution is 2.70. The van der Waals surface area contributed by atoms with Crippen LogP contribution in [-0.2, 0) is 20.7 Å². The molecule has 1 aromatic carbocycles. The summed E-state index contributed by atoms with van der Waals surface area (Å²) < 4.78 is 26.3. The van der Waals surface area contributed by atoms with E-state index >= 15 is 0 Å². The second kappa shape index (κ2) is 8.91. The number of ether oxygens (including phenoxy) is 4. The number of fused-ring (bicyclic) bond motifs is 2. The first-order valence-corrected chi connectivity index (χ1v) is 14.6. The highest BCUT2D eigenvalue weighted by atomic mass is 16.6. The number of phenolic OH excluding ortho intramolecular Hbond substituents is 1. The molecular formula is C34H40O8. The van der Waals surface area contributed by atoms with Crippen LogP contribution in [0.15, 0.2) is 41.0 Å². The van der Waals surface area contributed by atoms with Gasteiger partial charge in [-0.1, -0.05) is 23.3 Å². The van der Waals surface area contributed by atoms with Gasteiger partial charge in [0.2, 0.25) is 5.78 Å². The SMILES string of the molecule is CO[C@@]12C=C3C(=O)c4c(O)c5c(c(CC=C(C)C)c4O[C@@]34[C@@H](C1)C(C)(C)O[C@@]4(C/C=C(\C)CO)C2=O)OC(C)(C)C=C5. The predicted octanol–water partition coefficient (Wildman–Crippen LogP) is 5.19. The minimum Gasteiger partial charge on any atom is -0.506 e. The van der Waals surface area contributed by atoms with Crippen LogP contribution < -0.4 is 9.47 Å². The van der Waals surface area contributed by atoms with Gasteiger partial charge >= 0.3 is 0 Å². The number of carbonyl (C=O) groups excluding carboxylic acids is 2. The molecule has 2 fully saturated rings. The van der Waals surface area contributed by atoms with Crippen LogP contribution in [0, 0.1) is 5.92 Å². The largest absolute Gasteiger partial charge is 0.506 e. The Morgan fingerprint density at radius 2 is 1.81 bits per heavy atom. The summed E-state index contributed by atoms with van der Waals surface area (Å²) >= 11 is 0. The molecule has 4 bridgehead atoms. The molecule has 0 unspecified atom stereocenters. The number of hydrogen-bond donors (Lipinski definition) is 2. The summed E-state index contributed by atoms with van der Waals surface area (Å²) in [5, 5.41) is 21.4. The fourth-order valence-corrected chi connectivity index (χ4v) is 7.65. The summed E-state index contributed by atoms with van der Waals surface area (Å²) in [5.41, 5.74) is -2.91. The number of ketones is 2. The topological polar surface area (TPSA) is 112 Å². The molecule has 1 saturated carbocycles. The maximum absolute atomic E-state index is 14.7. The third-order valence-electron chi connectivity index (χ3n) is 9.73. The van der Waals surface area contributed by atoms with E-state index in [1.54, 1.807) is 25.2 Å². The smallest absolute Gasteiger partial charge is 0.205 e. The van der Waals surface area contributed by atoms with Crippen LogP contribution in [-0.4, -0.2) is 63.5 Å². The zero-order valence-corrected chi connectivity index (χ0v) is 25.6. The fourth-order valence-electron chi connectivity index (χ4n) is 7.65. The highest BCUT2D eigenvalue weighted by molar-refractivity contribution is 6.20. The number of methoxy groups -OCH3 is 1. The molecule has 42 heavy (non-hydrogen) atoms. The van der Waals surface area contributed by atoms with E-state index in [2.05, 4.69) is 0 Å². The predicted molar refractivity (Wildman–Crippen MR) is 157 cm³/mol. The fraction of sp³-hybridized carbons (Fsp3) is 0.529. The monoisotopic (exact) mass is 576 g/mol. The molecule has 4 atom stereocenters. The van der Waals surface area contributed by atoms with Gasteiger partial charge in [0.05, 0.1) is 17.8 Å². The Bertz CT molecular complexity index is 1550. The Hall–Kier alpha value is -3.20. The quantitative estimate of drug-likeness (QED) is 0.445. The molecule has 1 saturated heterocycles. The van der Waals surface area contributed by atoms with E-state index in [4.69, 9.17) is 18.9 Å². The van der Waals surface area contributed by atoms with Gasteiger partial charge in [0.25, 0.3) is 0 Å². The Balaban J connectivity index is 1.70. The number of hydrogen-bond acceptors (Lipinski definition) is 8. The van der Waals surface area contributed by atoms with E-state index in [0.29, 0.717) is 28.9 Å². The van der Waals surface area contributed by atoms with Crippen molar-refractivity contribution in [3.63, 3.8) is 0 Å². The molecule has 0 radical (unpaired) electrons. The zero-order chi connectivity index (χ0) is 30.6. The Labute approximate surface area is 246 Å². The molecule has 224 valence electrons. The molecule has 7 rings (SSSR count). The maximum atomic E-state index is 14.7. The van der Waals surface area contributed by atoms with E-state index in [1.807, 2.05) is 53.7 Å². The van der Waals surface area contributed by atoms with Crippen molar-refractivity contribution in [2.45, 2.75) is 95.7 Å². The number of phenols is 1. The number of aromatic hydroxyl groups is 1. The standard InChI is InChI=1S/C34H40O8/c1-18(2)9-10-21-27-20(12-13-30(4,5)40-27)25(36)24-26(37)22-15-32(39-8)16-23-31(6,7)42-33(29(32)38,14-11-19(3)17-35)34(22,23)41-28(21)24/h9,11-13,15,23,35-36H,10,14,16-17H2,1-8H3/b19-11+/t23-,32-,33-,34+/m0/s1. The van der Waals surface area contributed by atoms with Gasteiger partial charge in [-0.3, -0.25) is 9.59 Å². The van der Waals surface area contributed by atoms with E-state index < -0.39 is 39.7 Å². The minimum atomic E-state index is -1.61. The third kappa shape index (κ3) is 3.52. The second-order valence-electron chi connectivity index (χ2n) is 13.6. The lowest BCUT2D eigenvalue weighted by Crippen LogP contribution is -2.77. The summed E-state index contributed by atoms with van der Waals surface area (Å²) in [6.45, 7) is 13.2. The Morgan fingerprint density at radius 3 is 2.45 bits per heavy atom. The number of carbonyl (C=O) groups is 2. The van der Waals surface area contributed by atoms with Crippen molar-refractivity contribution in [3.05, 3.63) is 57.7 Å². The van der Waals surface area contributed by atoms with Gasteiger partial charge in [0, 0.05) is 30.6 Å². The molecule has 3 heterocycles. The molecule has 3 aliphatic heterocycles. The number of aliphatic hydroxyl groups is 1. The van der Waals surface area contributed by atoms with Gasteiger partial charge in [0.1, 0.15) is 34.0 Å². The summed E-state index contributed by atoms with van der Waals surface area (Å²) in [4.78, 5) is 29.3. The van der Waals surface area contributed by atoms with Crippen LogP contribution in [0.4, 0.5) is 0 Å². The molecule has 6 aliphatic rings. The van der Waals surface area contributed by atoms with E-state index in [9.17, 15) is 19.8 Å². The van der Waals surface area contributed by atoms with Crippen molar-refractivity contribution < 1.29 is 38.7 Å². The van der Waals surface area contributed by atoms with Crippen molar-refractivity contribution in [1.29, 1.82) is 0 Å². The van der Waals surface area contributed by atoms with Crippen LogP contribution in [0.25, 0.3) is 6.08 Å². The van der Waals surface area contributed by atoms with Crippen molar-refractivity contribution in [3.8, 4) is 17.2 Å². The lowest BCUT2D eigenvalue weighted by atomic mass is 9.49. The third-order valence-corrected chi connectivity index (χ3v) is 9.73. The average Bonchev–Trinajstić information content (AvgIpc) is 3.08. The number of Topliss-reactive ketones (excluding diaryl/α,β-unsaturated/α-hetero) is 2. The molecule has 8 nitrogen and oxygen atoms in total. The second-order valence-corrected chi connectivity index (χ2v) is 13.6. The Kier molecular flexibility index (Phi) is 6.13. The molecule has 1 aromatic rings. The van der Waals surface area contributed by atoms with Crippen LogP contribution in [0.5, 0.6) is 17.2 Å². The first kappa shape index (κ1) is 28.9. The average molecular weight is 577 g/mol. The highest BCUT2D eigenvalue weighted by Gasteiger charge is 2.84. The maximum Gasteiger partial charge on any atom is 0.205 e. The molecule has 1 spiro atoms. The minimum absolute atomic E-state index is 0.0522. The van der Waals surface area contributed by atoms with Gasteiger partial charge in [-0.15, -0.1) is 0 Å².